The van der Waals surface area contributed by atoms with E-state index in [1.54, 1.807) is 32.2 Å². The molecule has 208 valence electrons. The molecule has 4 unspecified atom stereocenters. The number of hydrogen-bond donors (Lipinski definition) is 7. The molecule has 3 amide bonds. The third-order valence-corrected chi connectivity index (χ3v) is 6.44. The Kier molecular flexibility index (Phi) is 9.67. The monoisotopic (exact) mass is 537 g/mol. The fourth-order valence-corrected chi connectivity index (χ4v) is 4.16. The number of aromatic amines is 1. The summed E-state index contributed by atoms with van der Waals surface area (Å²) in [7, 11) is 0. The van der Waals surface area contributed by atoms with Crippen LogP contribution >= 0.6 is 0 Å². The lowest BCUT2D eigenvalue weighted by molar-refractivity contribution is -0.143. The zero-order valence-corrected chi connectivity index (χ0v) is 22.1. The lowest BCUT2D eigenvalue weighted by atomic mass is 10.0. The minimum absolute atomic E-state index is 0.0912. The highest BCUT2D eigenvalue weighted by Crippen LogP contribution is 2.19. The number of phenolic OH excluding ortho intramolecular Hbond substituents is 1. The van der Waals surface area contributed by atoms with Gasteiger partial charge in [-0.25, -0.2) is 4.79 Å². The lowest BCUT2D eigenvalue weighted by Gasteiger charge is -2.24. The summed E-state index contributed by atoms with van der Waals surface area (Å²) >= 11 is 0. The van der Waals surface area contributed by atoms with Crippen LogP contribution < -0.4 is 21.7 Å². The molecule has 0 radical (unpaired) electrons. The minimum atomic E-state index is -1.18. The highest BCUT2D eigenvalue weighted by atomic mass is 16.4. The molecule has 0 aliphatic rings. The summed E-state index contributed by atoms with van der Waals surface area (Å²) in [5.74, 6) is -3.29. The van der Waals surface area contributed by atoms with Crippen LogP contribution in [0, 0.1) is 5.92 Å². The fraction of sp³-hybridized carbons (Fsp3) is 0.357. The van der Waals surface area contributed by atoms with Gasteiger partial charge in [-0.1, -0.05) is 44.2 Å². The van der Waals surface area contributed by atoms with Gasteiger partial charge in [0.2, 0.25) is 17.7 Å². The van der Waals surface area contributed by atoms with E-state index >= 15 is 0 Å². The summed E-state index contributed by atoms with van der Waals surface area (Å²) in [5.41, 5.74) is 8.50. The third kappa shape index (κ3) is 7.81. The van der Waals surface area contributed by atoms with Crippen molar-refractivity contribution < 1.29 is 29.4 Å². The summed E-state index contributed by atoms with van der Waals surface area (Å²) in [6.45, 7) is 4.76. The van der Waals surface area contributed by atoms with E-state index in [0.29, 0.717) is 0 Å². The number of rotatable bonds is 12. The van der Waals surface area contributed by atoms with E-state index in [9.17, 15) is 29.4 Å². The molecule has 0 aliphatic heterocycles. The molecule has 3 rings (SSSR count). The van der Waals surface area contributed by atoms with E-state index < -0.39 is 47.9 Å². The Morgan fingerprint density at radius 2 is 1.54 bits per heavy atom. The number of aliphatic carboxylic acids is 1. The molecule has 2 aromatic carbocycles. The Bertz CT molecular complexity index is 1320. The Morgan fingerprint density at radius 3 is 2.18 bits per heavy atom. The van der Waals surface area contributed by atoms with Gasteiger partial charge in [-0.2, -0.15) is 0 Å². The molecular weight excluding hydrogens is 502 g/mol. The number of carboxylic acid groups (broad SMARTS) is 1. The topological polar surface area (TPSA) is 187 Å². The zero-order chi connectivity index (χ0) is 28.7. The van der Waals surface area contributed by atoms with Gasteiger partial charge in [-0.15, -0.1) is 0 Å². The molecule has 3 aromatic rings. The molecule has 11 nitrogen and oxygen atoms in total. The summed E-state index contributed by atoms with van der Waals surface area (Å²) in [6.07, 6.45) is 2.05. The third-order valence-electron chi connectivity index (χ3n) is 6.44. The Hall–Kier alpha value is -4.38. The second-order valence-electron chi connectivity index (χ2n) is 9.90. The van der Waals surface area contributed by atoms with Gasteiger partial charge in [0.05, 0.1) is 6.04 Å². The van der Waals surface area contributed by atoms with E-state index in [4.69, 9.17) is 5.73 Å². The number of carbonyl (C=O) groups is 4. The van der Waals surface area contributed by atoms with Gasteiger partial charge < -0.3 is 36.9 Å². The molecule has 0 bridgehead atoms. The quantitative estimate of drug-likeness (QED) is 0.181. The number of amides is 3. The fourth-order valence-electron chi connectivity index (χ4n) is 4.16. The molecule has 1 heterocycles. The molecule has 11 heteroatoms. The van der Waals surface area contributed by atoms with E-state index in [2.05, 4.69) is 20.9 Å². The van der Waals surface area contributed by atoms with E-state index in [0.717, 1.165) is 22.0 Å². The molecule has 0 fully saturated rings. The van der Waals surface area contributed by atoms with Gasteiger partial charge in [-0.05, 0) is 48.6 Å². The molecule has 8 N–H and O–H groups in total. The second kappa shape index (κ2) is 12.9. The number of nitrogens with one attached hydrogen (secondary N) is 4. The number of para-hydroxylation sites is 1. The van der Waals surface area contributed by atoms with Gasteiger partial charge >= 0.3 is 5.97 Å². The molecular formula is C28H35N5O6. The van der Waals surface area contributed by atoms with Gasteiger partial charge in [-0.3, -0.25) is 14.4 Å². The van der Waals surface area contributed by atoms with Crippen LogP contribution in [0.2, 0.25) is 0 Å². The zero-order valence-electron chi connectivity index (χ0n) is 22.1. The first-order valence-corrected chi connectivity index (χ1v) is 12.7. The van der Waals surface area contributed by atoms with E-state index in [1.807, 2.05) is 24.3 Å². The normalized spacial score (nSPS) is 14.3. The standard InChI is InChI=1S/C28H35N5O6/c1-15(2)24(28(38)39)33-25(35)16(3)31-27(37)23(13-18-14-30-22-7-5-4-6-20(18)22)32-26(36)21(29)12-17-8-10-19(34)11-9-17/h4-11,14-16,21,23-24,30,34H,12-13,29H2,1-3H3,(H,31,37)(H,32,36)(H,33,35)(H,38,39). The van der Waals surface area contributed by atoms with Crippen molar-refractivity contribution in [2.24, 2.45) is 11.7 Å². The maximum Gasteiger partial charge on any atom is 0.326 e. The smallest absolute Gasteiger partial charge is 0.326 e. The van der Waals surface area contributed by atoms with Crippen LogP contribution in [0.25, 0.3) is 10.9 Å². The number of aromatic nitrogens is 1. The van der Waals surface area contributed by atoms with Crippen molar-refractivity contribution in [1.82, 2.24) is 20.9 Å². The highest BCUT2D eigenvalue weighted by molar-refractivity contribution is 5.94. The Morgan fingerprint density at radius 1 is 0.872 bits per heavy atom. The summed E-state index contributed by atoms with van der Waals surface area (Å²) in [6, 6.07) is 9.59. The molecule has 39 heavy (non-hydrogen) atoms. The average molecular weight is 538 g/mol. The van der Waals surface area contributed by atoms with Crippen LogP contribution in [0.15, 0.2) is 54.7 Å². The summed E-state index contributed by atoms with van der Waals surface area (Å²) in [5, 5.41) is 27.5. The summed E-state index contributed by atoms with van der Waals surface area (Å²) < 4.78 is 0. The number of phenols is 1. The SMILES string of the molecule is CC(NC(=O)C(Cc1c[nH]c2ccccc12)NC(=O)C(N)Cc1ccc(O)cc1)C(=O)NC(C(=O)O)C(C)C. The maximum atomic E-state index is 13.3. The predicted octanol–water partition coefficient (Wildman–Crippen LogP) is 1.20. The summed E-state index contributed by atoms with van der Waals surface area (Å²) in [4.78, 5) is 53.6. The van der Waals surface area contributed by atoms with Crippen molar-refractivity contribution in [2.75, 3.05) is 0 Å². The number of carboxylic acids is 1. The number of hydrogen-bond acceptors (Lipinski definition) is 6. The van der Waals surface area contributed by atoms with Gasteiger partial charge in [0.25, 0.3) is 0 Å². The van der Waals surface area contributed by atoms with Crippen molar-refractivity contribution in [3.05, 3.63) is 65.9 Å². The van der Waals surface area contributed by atoms with Crippen LogP contribution in [0.4, 0.5) is 0 Å². The first kappa shape index (κ1) is 29.2. The number of H-pyrrole nitrogens is 1. The Labute approximate surface area is 226 Å². The second-order valence-corrected chi connectivity index (χ2v) is 9.90. The minimum Gasteiger partial charge on any atom is -0.508 e. The molecule has 0 aliphatic carbocycles. The number of fused-ring (bicyclic) bond motifs is 1. The van der Waals surface area contributed by atoms with Crippen molar-refractivity contribution in [2.45, 2.75) is 57.8 Å². The molecule has 0 saturated carbocycles. The average Bonchev–Trinajstić information content (AvgIpc) is 3.30. The number of nitrogens with two attached hydrogens (primary N) is 1. The molecule has 1 aromatic heterocycles. The predicted molar refractivity (Wildman–Crippen MR) is 146 cm³/mol. The van der Waals surface area contributed by atoms with Crippen molar-refractivity contribution in [3.8, 4) is 5.75 Å². The van der Waals surface area contributed by atoms with E-state index in [-0.39, 0.29) is 24.5 Å². The van der Waals surface area contributed by atoms with Crippen LogP contribution in [0.5, 0.6) is 5.75 Å². The van der Waals surface area contributed by atoms with Crippen LogP contribution in [-0.4, -0.2) is 63.1 Å². The highest BCUT2D eigenvalue weighted by Gasteiger charge is 2.30. The van der Waals surface area contributed by atoms with Crippen LogP contribution in [-0.2, 0) is 32.0 Å². The van der Waals surface area contributed by atoms with Gasteiger partial charge in [0.15, 0.2) is 0 Å². The van der Waals surface area contributed by atoms with Crippen LogP contribution in [0.3, 0.4) is 0 Å². The Balaban J connectivity index is 1.75. The first-order chi connectivity index (χ1) is 18.5. The first-order valence-electron chi connectivity index (χ1n) is 12.7. The lowest BCUT2D eigenvalue weighted by Crippen LogP contribution is -2.57. The maximum absolute atomic E-state index is 13.3. The van der Waals surface area contributed by atoms with Crippen molar-refractivity contribution in [1.29, 1.82) is 0 Å². The van der Waals surface area contributed by atoms with E-state index in [1.165, 1.54) is 19.1 Å². The van der Waals surface area contributed by atoms with Crippen molar-refractivity contribution in [3.63, 3.8) is 0 Å². The van der Waals surface area contributed by atoms with Crippen LogP contribution in [0.1, 0.15) is 31.9 Å². The molecule has 0 saturated heterocycles. The molecule has 0 spiro atoms. The van der Waals surface area contributed by atoms with Gasteiger partial charge in [0, 0.05) is 23.5 Å². The number of aromatic hydroxyl groups is 1. The number of benzene rings is 2. The number of carbonyl (C=O) groups excluding carboxylic acids is 3. The van der Waals surface area contributed by atoms with Crippen molar-refractivity contribution >= 4 is 34.6 Å². The molecule has 4 atom stereocenters. The van der Waals surface area contributed by atoms with Gasteiger partial charge in [0.1, 0.15) is 23.9 Å². The largest absolute Gasteiger partial charge is 0.508 e.